The highest BCUT2D eigenvalue weighted by atomic mass is 19.4. The number of hydrogen-bond acceptors (Lipinski definition) is 5. The van der Waals surface area contributed by atoms with E-state index in [4.69, 9.17) is 5.73 Å². The maximum absolute atomic E-state index is 14.8. The zero-order valence-corrected chi connectivity index (χ0v) is 17.8. The number of aromatic nitrogens is 2. The van der Waals surface area contributed by atoms with E-state index in [-0.39, 0.29) is 22.6 Å². The molecule has 1 aromatic heterocycles. The average molecular weight is 478 g/mol. The molecule has 176 valence electrons. The van der Waals surface area contributed by atoms with E-state index in [0.717, 1.165) is 23.1 Å². The van der Waals surface area contributed by atoms with Crippen LogP contribution in [-0.2, 0) is 17.4 Å². The number of benzene rings is 2. The van der Waals surface area contributed by atoms with E-state index < -0.39 is 35.2 Å². The molecule has 1 amide bonds. The van der Waals surface area contributed by atoms with E-state index in [1.54, 1.807) is 17.8 Å². The molecule has 1 aliphatic heterocycles. The number of hydrogen-bond donors (Lipinski definition) is 1. The highest BCUT2D eigenvalue weighted by Gasteiger charge is 2.50. The first-order valence-electron chi connectivity index (χ1n) is 9.72. The molecular formula is C22H17F5N5O2+. The zero-order chi connectivity index (χ0) is 24.8. The third-order valence-corrected chi connectivity index (χ3v) is 5.32. The predicted molar refractivity (Wildman–Crippen MR) is 109 cm³/mol. The molecule has 1 aliphatic rings. The number of likely N-dealkylation sites (N-methyl/N-ethyl adjacent to an activating group) is 1. The lowest BCUT2D eigenvalue weighted by Gasteiger charge is -2.27. The Morgan fingerprint density at radius 1 is 1.09 bits per heavy atom. The van der Waals surface area contributed by atoms with Crippen LogP contribution in [0.1, 0.15) is 11.1 Å². The fourth-order valence-corrected chi connectivity index (χ4v) is 3.73. The van der Waals surface area contributed by atoms with Crippen molar-refractivity contribution in [1.29, 1.82) is 0 Å². The van der Waals surface area contributed by atoms with E-state index in [9.17, 15) is 26.7 Å². The first-order chi connectivity index (χ1) is 15.9. The Morgan fingerprint density at radius 2 is 1.76 bits per heavy atom. The largest absolute Gasteiger partial charge is 0.573 e. The SMILES string of the molecule is CN1C(=O)C(c2ccc(OC(F)(F)F)c(F)c2)(c2ccc(F)c(-c3cnc[n+](C)c3)c2)N=C1N. The molecule has 0 radical (unpaired) electrons. The van der Waals surface area contributed by atoms with Gasteiger partial charge in [0, 0.05) is 12.6 Å². The first-order valence-corrected chi connectivity index (χ1v) is 9.72. The third-order valence-electron chi connectivity index (χ3n) is 5.32. The molecular weight excluding hydrogens is 461 g/mol. The van der Waals surface area contributed by atoms with Gasteiger partial charge in [-0.1, -0.05) is 17.1 Å². The monoisotopic (exact) mass is 478 g/mol. The highest BCUT2D eigenvalue weighted by Crippen LogP contribution is 2.42. The fourth-order valence-electron chi connectivity index (χ4n) is 3.73. The van der Waals surface area contributed by atoms with Crippen LogP contribution in [0.2, 0.25) is 0 Å². The van der Waals surface area contributed by atoms with Gasteiger partial charge in [-0.25, -0.2) is 18.3 Å². The first kappa shape index (κ1) is 23.1. The van der Waals surface area contributed by atoms with Gasteiger partial charge in [0.25, 0.3) is 12.2 Å². The number of carbonyl (C=O) groups excluding carboxylic acids is 1. The second-order valence-corrected chi connectivity index (χ2v) is 7.58. The number of rotatable bonds is 4. The van der Waals surface area contributed by atoms with Crippen molar-refractivity contribution in [2.75, 3.05) is 7.05 Å². The van der Waals surface area contributed by atoms with E-state index >= 15 is 0 Å². The minimum Gasteiger partial charge on any atom is -0.403 e. The molecule has 1 atom stereocenters. The van der Waals surface area contributed by atoms with Crippen molar-refractivity contribution in [3.63, 3.8) is 0 Å². The van der Waals surface area contributed by atoms with Crippen molar-refractivity contribution in [2.45, 2.75) is 11.9 Å². The molecule has 7 nitrogen and oxygen atoms in total. The van der Waals surface area contributed by atoms with Gasteiger partial charge in [0.05, 0.1) is 12.6 Å². The van der Waals surface area contributed by atoms with Gasteiger partial charge in [-0.2, -0.15) is 0 Å². The van der Waals surface area contributed by atoms with Crippen LogP contribution in [0.25, 0.3) is 11.1 Å². The molecule has 0 bridgehead atoms. The normalized spacial score (nSPS) is 18.3. The van der Waals surface area contributed by atoms with Crippen LogP contribution in [0.4, 0.5) is 22.0 Å². The van der Waals surface area contributed by atoms with Gasteiger partial charge >= 0.3 is 6.36 Å². The minimum absolute atomic E-state index is 0.0780. The van der Waals surface area contributed by atoms with E-state index in [0.29, 0.717) is 11.6 Å². The number of amides is 1. The summed E-state index contributed by atoms with van der Waals surface area (Å²) in [7, 11) is 3.03. The number of aryl methyl sites for hydroxylation is 1. The van der Waals surface area contributed by atoms with Gasteiger partial charge < -0.3 is 10.5 Å². The molecule has 3 aromatic rings. The van der Waals surface area contributed by atoms with E-state index in [2.05, 4.69) is 14.7 Å². The summed E-state index contributed by atoms with van der Waals surface area (Å²) in [5.41, 5.74) is 4.37. The maximum Gasteiger partial charge on any atom is 0.573 e. The van der Waals surface area contributed by atoms with Gasteiger partial charge in [0.2, 0.25) is 0 Å². The van der Waals surface area contributed by atoms with Crippen LogP contribution >= 0.6 is 0 Å². The summed E-state index contributed by atoms with van der Waals surface area (Å²) in [6.45, 7) is 0. The lowest BCUT2D eigenvalue weighted by atomic mass is 9.81. The summed E-state index contributed by atoms with van der Waals surface area (Å²) < 4.78 is 72.3. The summed E-state index contributed by atoms with van der Waals surface area (Å²) >= 11 is 0. The van der Waals surface area contributed by atoms with Gasteiger partial charge in [-0.05, 0) is 35.4 Å². The van der Waals surface area contributed by atoms with Crippen molar-refractivity contribution in [3.8, 4) is 16.9 Å². The molecule has 2 N–H and O–H groups in total. The molecule has 12 heteroatoms. The Hall–Kier alpha value is -4.09. The summed E-state index contributed by atoms with van der Waals surface area (Å²) in [6.07, 6.45) is -0.596. The average Bonchev–Trinajstić information content (AvgIpc) is 2.99. The molecule has 2 heterocycles. The number of guanidine groups is 1. The number of alkyl halides is 3. The fraction of sp³-hybridized carbons (Fsp3) is 0.182. The van der Waals surface area contributed by atoms with Gasteiger partial charge in [-0.15, -0.1) is 13.2 Å². The standard InChI is InChI=1S/C22H17F5N5O2/c1-31-10-12(9-29-11-31)15-7-13(3-5-16(15)23)21(19(33)32(2)20(28)30-21)14-4-6-18(17(24)8-14)34-22(25,26)27/h3-11H,1-2H3,(H2,28,30)/q+1. The maximum atomic E-state index is 14.8. The second-order valence-electron chi connectivity index (χ2n) is 7.58. The number of nitrogens with two attached hydrogens (primary N) is 1. The minimum atomic E-state index is -5.11. The van der Waals surface area contributed by atoms with E-state index in [1.165, 1.54) is 31.7 Å². The highest BCUT2D eigenvalue weighted by molar-refractivity contribution is 6.09. The van der Waals surface area contributed by atoms with Crippen LogP contribution in [0, 0.1) is 11.6 Å². The van der Waals surface area contributed by atoms with Crippen molar-refractivity contribution in [3.05, 3.63) is 77.9 Å². The lowest BCUT2D eigenvalue weighted by molar-refractivity contribution is -0.674. The van der Waals surface area contributed by atoms with Gasteiger partial charge in [0.1, 0.15) is 12.0 Å². The Bertz CT molecular complexity index is 1330. The summed E-state index contributed by atoms with van der Waals surface area (Å²) in [5, 5.41) is 0. The topological polar surface area (TPSA) is 84.7 Å². The number of ether oxygens (including phenoxy) is 1. The molecule has 2 aromatic carbocycles. The molecule has 0 spiro atoms. The molecule has 0 aliphatic carbocycles. The Balaban J connectivity index is 1.92. The van der Waals surface area contributed by atoms with Crippen LogP contribution in [0.15, 0.2) is 60.1 Å². The van der Waals surface area contributed by atoms with Crippen LogP contribution in [0.5, 0.6) is 5.75 Å². The predicted octanol–water partition coefficient (Wildman–Crippen LogP) is 2.78. The number of carbonyl (C=O) groups is 1. The second kappa shape index (κ2) is 8.04. The molecule has 0 saturated heterocycles. The lowest BCUT2D eigenvalue weighted by Crippen LogP contribution is -2.41. The van der Waals surface area contributed by atoms with Crippen molar-refractivity contribution >= 4 is 11.9 Å². The van der Waals surface area contributed by atoms with Crippen LogP contribution in [-0.4, -0.2) is 35.2 Å². The number of aliphatic imine (C=N–C) groups is 1. The third kappa shape index (κ3) is 3.91. The van der Waals surface area contributed by atoms with Gasteiger partial charge in [-0.3, -0.25) is 9.69 Å². The smallest absolute Gasteiger partial charge is 0.403 e. The van der Waals surface area contributed by atoms with Crippen LogP contribution < -0.4 is 15.0 Å². The summed E-state index contributed by atoms with van der Waals surface area (Å²) in [5.74, 6) is -3.98. The molecule has 0 fully saturated rings. The summed E-state index contributed by atoms with van der Waals surface area (Å²) in [4.78, 5) is 22.6. The Labute approximate surface area is 189 Å². The van der Waals surface area contributed by atoms with E-state index in [1.807, 2.05) is 0 Å². The molecule has 1 unspecified atom stereocenters. The zero-order valence-electron chi connectivity index (χ0n) is 17.8. The Morgan fingerprint density at radius 3 is 2.35 bits per heavy atom. The molecule has 34 heavy (non-hydrogen) atoms. The van der Waals surface area contributed by atoms with Crippen molar-refractivity contribution in [1.82, 2.24) is 9.88 Å². The van der Waals surface area contributed by atoms with Crippen molar-refractivity contribution in [2.24, 2.45) is 17.8 Å². The molecule has 4 rings (SSSR count). The van der Waals surface area contributed by atoms with Crippen LogP contribution in [0.3, 0.4) is 0 Å². The van der Waals surface area contributed by atoms with Crippen molar-refractivity contribution < 1.29 is 36.1 Å². The Kier molecular flexibility index (Phi) is 5.46. The molecule has 0 saturated carbocycles. The van der Waals surface area contributed by atoms with Gasteiger partial charge in [0.15, 0.2) is 29.3 Å². The summed E-state index contributed by atoms with van der Waals surface area (Å²) in [6, 6.07) is 6.25. The quantitative estimate of drug-likeness (QED) is 0.462. The number of halogens is 5. The number of nitrogens with zero attached hydrogens (tertiary/aromatic N) is 4.